The fourth-order valence-electron chi connectivity index (χ4n) is 2.62. The molecule has 0 unspecified atom stereocenters. The van der Waals surface area contributed by atoms with Crippen molar-refractivity contribution in [1.82, 2.24) is 15.2 Å². The Morgan fingerprint density at radius 3 is 2.74 bits per heavy atom. The quantitative estimate of drug-likeness (QED) is 0.888. The van der Waals surface area contributed by atoms with E-state index < -0.39 is 0 Å². The van der Waals surface area contributed by atoms with Crippen LogP contribution in [0.15, 0.2) is 22.7 Å². The van der Waals surface area contributed by atoms with Gasteiger partial charge in [-0.25, -0.2) is 9.37 Å². The lowest BCUT2D eigenvalue weighted by molar-refractivity contribution is 0.429. The fraction of sp³-hybridized carbons (Fsp3) is 0.429. The average Bonchev–Trinajstić information content (AvgIpc) is 2.89. The summed E-state index contributed by atoms with van der Waals surface area (Å²) in [5.41, 5.74) is 0.446. The van der Waals surface area contributed by atoms with Crippen LogP contribution in [-0.2, 0) is 0 Å². The van der Waals surface area contributed by atoms with Gasteiger partial charge in [0.1, 0.15) is 11.6 Å². The second-order valence-corrected chi connectivity index (χ2v) is 5.92. The van der Waals surface area contributed by atoms with E-state index in [1.54, 1.807) is 12.1 Å². The minimum Gasteiger partial charge on any atom is -0.262 e. The first kappa shape index (κ1) is 12.8. The lowest BCUT2D eigenvalue weighted by atomic mass is 9.89. The Morgan fingerprint density at radius 1 is 1.21 bits per heavy atom. The number of rotatable bonds is 2. The lowest BCUT2D eigenvalue weighted by Gasteiger charge is -2.18. The number of halogens is 2. The molecule has 3 rings (SSSR count). The van der Waals surface area contributed by atoms with Crippen molar-refractivity contribution in [3.63, 3.8) is 0 Å². The van der Waals surface area contributed by atoms with Crippen LogP contribution in [0.4, 0.5) is 4.39 Å². The van der Waals surface area contributed by atoms with Gasteiger partial charge in [-0.1, -0.05) is 35.2 Å². The first-order valence-electron chi connectivity index (χ1n) is 6.62. The Hall–Kier alpha value is -1.23. The van der Waals surface area contributed by atoms with Gasteiger partial charge >= 0.3 is 0 Å². The zero-order chi connectivity index (χ0) is 13.2. The van der Waals surface area contributed by atoms with E-state index in [2.05, 4.69) is 31.1 Å². The highest BCUT2D eigenvalue weighted by molar-refractivity contribution is 9.10. The van der Waals surface area contributed by atoms with Crippen LogP contribution < -0.4 is 0 Å². The number of H-pyrrole nitrogens is 1. The maximum atomic E-state index is 13.9. The van der Waals surface area contributed by atoms with Crippen LogP contribution in [0.3, 0.4) is 0 Å². The van der Waals surface area contributed by atoms with Crippen LogP contribution in [0.2, 0.25) is 0 Å². The number of hydrogen-bond acceptors (Lipinski definition) is 2. The molecule has 1 aliphatic carbocycles. The molecule has 0 atom stereocenters. The van der Waals surface area contributed by atoms with Gasteiger partial charge in [-0.3, -0.25) is 5.10 Å². The van der Waals surface area contributed by atoms with E-state index in [0.717, 1.165) is 23.1 Å². The molecule has 1 aromatic carbocycles. The summed E-state index contributed by atoms with van der Waals surface area (Å²) in [5, 5.41) is 7.14. The highest BCUT2D eigenvalue weighted by atomic mass is 79.9. The Kier molecular flexibility index (Phi) is 3.64. The summed E-state index contributed by atoms with van der Waals surface area (Å²) in [4.78, 5) is 4.47. The first-order valence-corrected chi connectivity index (χ1v) is 7.41. The molecule has 1 saturated carbocycles. The fourth-order valence-corrected chi connectivity index (χ4v) is 2.96. The van der Waals surface area contributed by atoms with E-state index in [9.17, 15) is 4.39 Å². The number of nitrogens with one attached hydrogen (secondary N) is 1. The minimum atomic E-state index is -0.302. The standard InChI is InChI=1S/C14H15BrFN3/c15-10-6-7-11(12(16)8-10)14-17-13(18-19-14)9-4-2-1-3-5-9/h6-9H,1-5H2,(H,17,18,19). The lowest BCUT2D eigenvalue weighted by Crippen LogP contribution is -2.06. The third-order valence-corrected chi connectivity index (χ3v) is 4.16. The normalized spacial score (nSPS) is 16.7. The summed E-state index contributed by atoms with van der Waals surface area (Å²) in [6, 6.07) is 4.94. The molecule has 0 radical (unpaired) electrons. The monoisotopic (exact) mass is 323 g/mol. The highest BCUT2D eigenvalue weighted by Crippen LogP contribution is 2.31. The molecule has 0 amide bonds. The van der Waals surface area contributed by atoms with Gasteiger partial charge in [0.2, 0.25) is 0 Å². The highest BCUT2D eigenvalue weighted by Gasteiger charge is 2.20. The SMILES string of the molecule is Fc1cc(Br)ccc1-c1n[nH]c(C2CCCCC2)n1. The van der Waals surface area contributed by atoms with Crippen LogP contribution >= 0.6 is 15.9 Å². The van der Waals surface area contributed by atoms with Crippen LogP contribution in [0.5, 0.6) is 0 Å². The van der Waals surface area contributed by atoms with Gasteiger partial charge in [-0.15, -0.1) is 0 Å². The third kappa shape index (κ3) is 2.71. The van der Waals surface area contributed by atoms with Crippen LogP contribution in [0.25, 0.3) is 11.4 Å². The molecule has 2 aromatic rings. The summed E-state index contributed by atoms with van der Waals surface area (Å²) in [7, 11) is 0. The van der Waals surface area contributed by atoms with Gasteiger partial charge in [-0.05, 0) is 31.0 Å². The summed E-state index contributed by atoms with van der Waals surface area (Å²) in [6.45, 7) is 0. The Bertz CT molecular complexity index is 576. The molecule has 0 bridgehead atoms. The Labute approximate surface area is 119 Å². The maximum absolute atomic E-state index is 13.9. The number of aromatic amines is 1. The van der Waals surface area contributed by atoms with E-state index in [1.807, 2.05) is 0 Å². The summed E-state index contributed by atoms with van der Waals surface area (Å²) >= 11 is 3.25. The van der Waals surface area contributed by atoms with Gasteiger partial charge in [0.05, 0.1) is 5.56 Å². The molecular weight excluding hydrogens is 309 g/mol. The van der Waals surface area contributed by atoms with Crippen molar-refractivity contribution in [2.45, 2.75) is 38.0 Å². The van der Waals surface area contributed by atoms with Crippen LogP contribution in [0.1, 0.15) is 43.8 Å². The number of aromatic nitrogens is 3. The van der Waals surface area contributed by atoms with Crippen molar-refractivity contribution >= 4 is 15.9 Å². The molecule has 19 heavy (non-hydrogen) atoms. The van der Waals surface area contributed by atoms with Crippen LogP contribution in [0, 0.1) is 5.82 Å². The van der Waals surface area contributed by atoms with Crippen molar-refractivity contribution in [3.05, 3.63) is 34.3 Å². The molecule has 100 valence electrons. The smallest absolute Gasteiger partial charge is 0.184 e. The third-order valence-electron chi connectivity index (χ3n) is 3.67. The van der Waals surface area contributed by atoms with Crippen molar-refractivity contribution in [3.8, 4) is 11.4 Å². The molecule has 0 spiro atoms. The van der Waals surface area contributed by atoms with Gasteiger partial charge < -0.3 is 0 Å². The number of hydrogen-bond donors (Lipinski definition) is 1. The van der Waals surface area contributed by atoms with E-state index >= 15 is 0 Å². The van der Waals surface area contributed by atoms with Crippen LogP contribution in [-0.4, -0.2) is 15.2 Å². The molecule has 1 aromatic heterocycles. The summed E-state index contributed by atoms with van der Waals surface area (Å²) in [6.07, 6.45) is 6.09. The van der Waals surface area contributed by atoms with Crippen molar-refractivity contribution in [2.24, 2.45) is 0 Å². The van der Waals surface area contributed by atoms with Gasteiger partial charge in [0, 0.05) is 10.4 Å². The second-order valence-electron chi connectivity index (χ2n) is 5.00. The maximum Gasteiger partial charge on any atom is 0.184 e. The molecule has 3 nitrogen and oxygen atoms in total. The average molecular weight is 324 g/mol. The Morgan fingerprint density at radius 2 is 2.00 bits per heavy atom. The molecule has 1 N–H and O–H groups in total. The minimum absolute atomic E-state index is 0.302. The van der Waals surface area contributed by atoms with Gasteiger partial charge in [0.15, 0.2) is 5.82 Å². The molecular formula is C14H15BrFN3. The van der Waals surface area contributed by atoms with E-state index in [1.165, 1.54) is 25.3 Å². The molecule has 0 saturated heterocycles. The molecule has 1 fully saturated rings. The summed E-state index contributed by atoms with van der Waals surface area (Å²) < 4.78 is 14.6. The summed E-state index contributed by atoms with van der Waals surface area (Å²) in [5.74, 6) is 1.50. The van der Waals surface area contributed by atoms with Crippen molar-refractivity contribution < 1.29 is 4.39 Å². The van der Waals surface area contributed by atoms with Gasteiger partial charge in [-0.2, -0.15) is 5.10 Å². The van der Waals surface area contributed by atoms with Crippen molar-refractivity contribution in [1.29, 1.82) is 0 Å². The van der Waals surface area contributed by atoms with E-state index in [4.69, 9.17) is 0 Å². The molecule has 0 aliphatic heterocycles. The zero-order valence-corrected chi connectivity index (χ0v) is 12.1. The zero-order valence-electron chi connectivity index (χ0n) is 10.5. The second kappa shape index (κ2) is 5.41. The number of nitrogens with zero attached hydrogens (tertiary/aromatic N) is 2. The number of benzene rings is 1. The van der Waals surface area contributed by atoms with E-state index in [-0.39, 0.29) is 5.82 Å². The molecule has 5 heteroatoms. The van der Waals surface area contributed by atoms with Crippen molar-refractivity contribution in [2.75, 3.05) is 0 Å². The van der Waals surface area contributed by atoms with E-state index in [0.29, 0.717) is 17.3 Å². The van der Waals surface area contributed by atoms with Gasteiger partial charge in [0.25, 0.3) is 0 Å². The predicted molar refractivity (Wildman–Crippen MR) is 75.3 cm³/mol. The molecule has 1 aliphatic rings. The molecule has 1 heterocycles. The Balaban J connectivity index is 1.87. The topological polar surface area (TPSA) is 41.6 Å². The predicted octanol–water partition coefficient (Wildman–Crippen LogP) is 4.42. The first-order chi connectivity index (χ1) is 9.24. The largest absolute Gasteiger partial charge is 0.262 e.